The van der Waals surface area contributed by atoms with E-state index < -0.39 is 11.9 Å². The Kier molecular flexibility index (Phi) is 5.56. The van der Waals surface area contributed by atoms with Gasteiger partial charge in [-0.2, -0.15) is 4.99 Å². The molecule has 1 atom stereocenters. The number of halogens is 2. The minimum atomic E-state index is -0.797. The first-order valence-corrected chi connectivity index (χ1v) is 6.61. The number of primary amides is 1. The first-order valence-electron chi connectivity index (χ1n) is 6.23. The minimum absolute atomic E-state index is 0. The van der Waals surface area contributed by atoms with Crippen LogP contribution in [0.15, 0.2) is 4.99 Å². The summed E-state index contributed by atoms with van der Waals surface area (Å²) in [6, 6.07) is -0.755. The zero-order valence-electron chi connectivity index (χ0n) is 12.4. The molecule has 1 unspecified atom stereocenters. The predicted molar refractivity (Wildman–Crippen MR) is 88.4 cm³/mol. The van der Waals surface area contributed by atoms with Gasteiger partial charge in [0.2, 0.25) is 5.96 Å². The highest BCUT2D eigenvalue weighted by molar-refractivity contribution is 6.31. The lowest BCUT2D eigenvalue weighted by Crippen LogP contribution is -2.40. The number of carbonyl (C=O) groups excluding carboxylic acids is 2. The van der Waals surface area contributed by atoms with Crippen LogP contribution in [0.1, 0.15) is 17.4 Å². The smallest absolute Gasteiger partial charge is 0.321 e. The van der Waals surface area contributed by atoms with Crippen molar-refractivity contribution in [2.75, 3.05) is 25.1 Å². The maximum absolute atomic E-state index is 12.2. The fourth-order valence-electron chi connectivity index (χ4n) is 1.93. The Labute approximate surface area is 143 Å². The largest absolute Gasteiger partial charge is 0.382 e. The third kappa shape index (κ3) is 3.54. The van der Waals surface area contributed by atoms with Crippen LogP contribution >= 0.6 is 24.0 Å². The number of nitrogens with two attached hydrogens (primary N) is 3. The van der Waals surface area contributed by atoms with Crippen molar-refractivity contribution in [2.45, 2.75) is 13.0 Å². The highest BCUT2D eigenvalue weighted by atomic mass is 35.5. The zero-order valence-corrected chi connectivity index (χ0v) is 13.9. The Balaban J connectivity index is 0.00000264. The van der Waals surface area contributed by atoms with Crippen LogP contribution in [0.5, 0.6) is 0 Å². The Morgan fingerprint density at radius 2 is 1.91 bits per heavy atom. The highest BCUT2D eigenvalue weighted by Gasteiger charge is 2.34. The molecule has 0 radical (unpaired) electrons. The number of hydrogen-bond acceptors (Lipinski definition) is 6. The Morgan fingerprint density at radius 3 is 2.48 bits per heavy atom. The molecule has 1 aromatic heterocycles. The molecule has 1 aliphatic rings. The van der Waals surface area contributed by atoms with Crippen molar-refractivity contribution >= 4 is 53.5 Å². The summed E-state index contributed by atoms with van der Waals surface area (Å²) in [5.74, 6) is -0.974. The molecule has 1 saturated heterocycles. The van der Waals surface area contributed by atoms with Crippen LogP contribution in [-0.4, -0.2) is 57.3 Å². The Bertz CT molecular complexity index is 680. The number of amides is 3. The van der Waals surface area contributed by atoms with Gasteiger partial charge < -0.3 is 22.1 Å². The number of likely N-dealkylation sites (N-methyl/N-ethyl adjacent to an activating group) is 1. The number of guanidine groups is 1. The second kappa shape index (κ2) is 6.84. The minimum Gasteiger partial charge on any atom is -0.382 e. The molecular formula is C11H16Cl2N8O2. The summed E-state index contributed by atoms with van der Waals surface area (Å²) in [5.41, 5.74) is 16.1. The van der Waals surface area contributed by atoms with E-state index in [-0.39, 0.29) is 46.9 Å². The monoisotopic (exact) mass is 362 g/mol. The van der Waals surface area contributed by atoms with E-state index in [1.807, 2.05) is 6.92 Å². The first-order chi connectivity index (χ1) is 10.2. The van der Waals surface area contributed by atoms with Crippen LogP contribution in [0.4, 0.5) is 16.4 Å². The number of anilines is 2. The van der Waals surface area contributed by atoms with Crippen molar-refractivity contribution in [2.24, 2.45) is 10.7 Å². The summed E-state index contributed by atoms with van der Waals surface area (Å²) >= 11 is 5.73. The van der Waals surface area contributed by atoms with E-state index in [0.29, 0.717) is 6.54 Å². The molecule has 0 bridgehead atoms. The van der Waals surface area contributed by atoms with Crippen molar-refractivity contribution in [3.63, 3.8) is 0 Å². The molecule has 10 nitrogen and oxygen atoms in total. The summed E-state index contributed by atoms with van der Waals surface area (Å²) in [6.45, 7) is 2.18. The summed E-state index contributed by atoms with van der Waals surface area (Å²) in [5, 5.41) is -0.155. The predicted octanol–water partition coefficient (Wildman–Crippen LogP) is -0.0730. The van der Waals surface area contributed by atoms with Gasteiger partial charge in [0.25, 0.3) is 0 Å². The van der Waals surface area contributed by atoms with E-state index in [1.54, 1.807) is 11.9 Å². The topological polar surface area (TPSA) is 157 Å². The maximum Gasteiger partial charge on any atom is 0.321 e. The van der Waals surface area contributed by atoms with Crippen molar-refractivity contribution < 1.29 is 9.59 Å². The molecule has 23 heavy (non-hydrogen) atoms. The van der Waals surface area contributed by atoms with Gasteiger partial charge in [-0.25, -0.2) is 14.8 Å². The summed E-state index contributed by atoms with van der Waals surface area (Å²) in [7, 11) is 1.69. The average molecular weight is 363 g/mol. The summed E-state index contributed by atoms with van der Waals surface area (Å²) < 4.78 is 0. The lowest BCUT2D eigenvalue weighted by atomic mass is 10.3. The second-order valence-electron chi connectivity index (χ2n) is 4.76. The molecular weight excluding hydrogens is 347 g/mol. The number of nitrogen functional groups attached to an aromatic ring is 2. The Morgan fingerprint density at radius 1 is 1.30 bits per heavy atom. The maximum atomic E-state index is 12.2. The van der Waals surface area contributed by atoms with Crippen LogP contribution in [0.25, 0.3) is 0 Å². The van der Waals surface area contributed by atoms with Gasteiger partial charge in [0.1, 0.15) is 0 Å². The highest BCUT2D eigenvalue weighted by Crippen LogP contribution is 2.19. The number of carbonyl (C=O) groups is 2. The van der Waals surface area contributed by atoms with E-state index in [0.717, 1.165) is 0 Å². The molecule has 0 aliphatic carbocycles. The molecule has 0 aromatic carbocycles. The van der Waals surface area contributed by atoms with Crippen LogP contribution in [-0.2, 0) is 0 Å². The van der Waals surface area contributed by atoms with Gasteiger partial charge in [-0.15, -0.1) is 12.4 Å². The molecule has 3 amide bonds. The molecule has 1 fully saturated rings. The summed E-state index contributed by atoms with van der Waals surface area (Å²) in [6.07, 6.45) is 0. The number of aromatic nitrogens is 2. The third-order valence-corrected chi connectivity index (χ3v) is 3.52. The van der Waals surface area contributed by atoms with Crippen LogP contribution in [0, 0.1) is 0 Å². The van der Waals surface area contributed by atoms with Crippen molar-refractivity contribution in [3.8, 4) is 0 Å². The van der Waals surface area contributed by atoms with Gasteiger partial charge in [0, 0.05) is 13.1 Å². The van der Waals surface area contributed by atoms with E-state index in [9.17, 15) is 9.59 Å². The summed E-state index contributed by atoms with van der Waals surface area (Å²) in [4.78, 5) is 37.8. The van der Waals surface area contributed by atoms with Crippen molar-refractivity contribution in [3.05, 3.63) is 10.8 Å². The van der Waals surface area contributed by atoms with Crippen LogP contribution < -0.4 is 17.2 Å². The van der Waals surface area contributed by atoms with Crippen molar-refractivity contribution in [1.29, 1.82) is 0 Å². The first kappa shape index (κ1) is 18.7. The van der Waals surface area contributed by atoms with E-state index in [1.165, 1.54) is 4.90 Å². The molecule has 12 heteroatoms. The van der Waals surface area contributed by atoms with Gasteiger partial charge in [-0.05, 0) is 6.92 Å². The molecule has 0 saturated carbocycles. The van der Waals surface area contributed by atoms with Gasteiger partial charge in [-0.1, -0.05) is 11.6 Å². The number of rotatable bonds is 1. The fraction of sp³-hybridized carbons (Fsp3) is 0.364. The molecule has 6 N–H and O–H groups in total. The van der Waals surface area contributed by atoms with Crippen LogP contribution in [0.2, 0.25) is 5.15 Å². The average Bonchev–Trinajstić information content (AvgIpc) is 2.71. The third-order valence-electron chi connectivity index (χ3n) is 3.24. The molecule has 0 spiro atoms. The van der Waals surface area contributed by atoms with E-state index in [4.69, 9.17) is 28.8 Å². The molecule has 2 heterocycles. The quantitative estimate of drug-likeness (QED) is 0.630. The number of aliphatic imine (C=N–C) groups is 1. The normalized spacial score (nSPS) is 18.9. The molecule has 1 aromatic rings. The Hall–Kier alpha value is -2.33. The van der Waals surface area contributed by atoms with Crippen molar-refractivity contribution in [1.82, 2.24) is 19.8 Å². The lowest BCUT2D eigenvalue weighted by molar-refractivity contribution is 0.0996. The molecule has 126 valence electrons. The zero-order chi connectivity index (χ0) is 16.6. The second-order valence-corrected chi connectivity index (χ2v) is 5.12. The van der Waals surface area contributed by atoms with E-state index >= 15 is 0 Å². The SMILES string of the molecule is CC1CN(C(N)=O)C(=NC(=O)c2nc(Cl)c(N)nc2N)N1C.Cl. The van der Waals surface area contributed by atoms with E-state index in [2.05, 4.69) is 15.0 Å². The number of hydrogen-bond donors (Lipinski definition) is 3. The standard InChI is InChI=1S/C11H15ClN8O2.ClH/c1-4-3-20(10(15)22)11(19(4)2)18-9(21)5-7(13)17-8(14)6(12)16-5;/h4H,3H2,1-2H3,(H2,15,22)(H4,13,14,17);1H. The fourth-order valence-corrected chi connectivity index (χ4v) is 2.05. The van der Waals surface area contributed by atoms with Gasteiger partial charge in [0.05, 0.1) is 6.54 Å². The lowest BCUT2D eigenvalue weighted by Gasteiger charge is -2.17. The molecule has 2 rings (SSSR count). The van der Waals surface area contributed by atoms with Gasteiger partial charge in [0.15, 0.2) is 22.5 Å². The number of nitrogens with zero attached hydrogens (tertiary/aromatic N) is 5. The van der Waals surface area contributed by atoms with Gasteiger partial charge >= 0.3 is 11.9 Å². The molecule has 1 aliphatic heterocycles. The van der Waals surface area contributed by atoms with Gasteiger partial charge in [-0.3, -0.25) is 9.69 Å². The number of urea groups is 1. The van der Waals surface area contributed by atoms with Crippen LogP contribution in [0.3, 0.4) is 0 Å².